The Bertz CT molecular complexity index is 5480. The summed E-state index contributed by atoms with van der Waals surface area (Å²) in [5.41, 5.74) is 35.0. The lowest BCUT2D eigenvalue weighted by Gasteiger charge is -2.23. The van der Waals surface area contributed by atoms with E-state index in [1.165, 1.54) is 188 Å². The van der Waals surface area contributed by atoms with Crippen molar-refractivity contribution < 1.29 is 0 Å². The molecule has 19 rings (SSSR count). The van der Waals surface area contributed by atoms with Crippen LogP contribution in [0.4, 0.5) is 0 Å². The Labute approximate surface area is 501 Å². The third-order valence-corrected chi connectivity index (χ3v) is 20.7. The summed E-state index contributed by atoms with van der Waals surface area (Å²) in [7, 11) is 0. The van der Waals surface area contributed by atoms with Gasteiger partial charge in [0.25, 0.3) is 0 Å². The van der Waals surface area contributed by atoms with Gasteiger partial charge in [0.15, 0.2) is 0 Å². The highest BCUT2D eigenvalue weighted by Gasteiger charge is 2.44. The zero-order chi connectivity index (χ0) is 57.2. The molecule has 0 bridgehead atoms. The van der Waals surface area contributed by atoms with Crippen LogP contribution in [-0.4, -0.2) is 4.40 Å². The maximum atomic E-state index is 2.71. The minimum atomic E-state index is -0.104. The molecule has 0 N–H and O–H groups in total. The molecule has 0 radical (unpaired) electrons. The number of hydrogen-bond acceptors (Lipinski definition) is 0. The second kappa shape index (κ2) is 17.0. The van der Waals surface area contributed by atoms with Crippen molar-refractivity contribution in [3.63, 3.8) is 0 Å². The Morgan fingerprint density at radius 1 is 0.291 bits per heavy atom. The third-order valence-electron chi connectivity index (χ3n) is 20.7. The summed E-state index contributed by atoms with van der Waals surface area (Å²) in [6.45, 7) is 14.4. The Hall–Kier alpha value is -9.82. The predicted molar refractivity (Wildman–Crippen MR) is 362 cm³/mol. The summed E-state index contributed by atoms with van der Waals surface area (Å²) in [4.78, 5) is 0. The van der Waals surface area contributed by atoms with Gasteiger partial charge in [-0.2, -0.15) is 0 Å². The maximum Gasteiger partial charge on any atom is 0.0626 e. The average molecular weight is 1100 g/mol. The molecule has 1 heteroatoms. The summed E-state index contributed by atoms with van der Waals surface area (Å²) in [5.74, 6) is 0.422. The molecule has 406 valence electrons. The van der Waals surface area contributed by atoms with Gasteiger partial charge >= 0.3 is 0 Å². The van der Waals surface area contributed by atoms with Crippen LogP contribution in [0, 0.1) is 0 Å². The molecule has 86 heavy (non-hydrogen) atoms. The van der Waals surface area contributed by atoms with Gasteiger partial charge in [0.1, 0.15) is 0 Å². The molecule has 0 saturated carbocycles. The van der Waals surface area contributed by atoms with Crippen molar-refractivity contribution in [2.45, 2.75) is 70.1 Å². The van der Waals surface area contributed by atoms with E-state index in [2.05, 4.69) is 289 Å². The molecule has 0 amide bonds. The zero-order valence-corrected chi connectivity index (χ0v) is 49.3. The van der Waals surface area contributed by atoms with Crippen LogP contribution in [0.15, 0.2) is 243 Å². The minimum absolute atomic E-state index is 0.0491. The topological polar surface area (TPSA) is 4.41 Å². The van der Waals surface area contributed by atoms with Crippen molar-refractivity contribution in [1.29, 1.82) is 0 Å². The Morgan fingerprint density at radius 2 is 0.767 bits per heavy atom. The fraction of sp³-hybridized carbons (Fsp3) is 0.129. The van der Waals surface area contributed by atoms with Gasteiger partial charge in [0.2, 0.25) is 0 Å². The van der Waals surface area contributed by atoms with Crippen molar-refractivity contribution in [2.75, 3.05) is 0 Å². The summed E-state index contributed by atoms with van der Waals surface area (Å²) in [5, 5.41) is 10.5. The predicted octanol–water partition coefficient (Wildman–Crippen LogP) is 22.5. The molecule has 2 heterocycles. The van der Waals surface area contributed by atoms with Crippen LogP contribution in [0.5, 0.6) is 0 Å². The smallest absolute Gasteiger partial charge is 0.0626 e. The lowest BCUT2D eigenvalue weighted by molar-refractivity contribution is 0.590. The number of rotatable bonds is 4. The Kier molecular flexibility index (Phi) is 9.57. The highest BCUT2D eigenvalue weighted by molar-refractivity contribution is 6.31. The van der Waals surface area contributed by atoms with E-state index in [1.54, 1.807) is 0 Å². The van der Waals surface area contributed by atoms with Crippen LogP contribution < -0.4 is 0 Å². The van der Waals surface area contributed by atoms with E-state index in [1.807, 2.05) is 0 Å². The molecule has 13 aromatic carbocycles. The van der Waals surface area contributed by atoms with Crippen molar-refractivity contribution >= 4 is 59.6 Å². The molecule has 0 fully saturated rings. The molecule has 2 aromatic heterocycles. The first kappa shape index (κ1) is 48.5. The van der Waals surface area contributed by atoms with Crippen molar-refractivity contribution in [3.05, 3.63) is 304 Å². The minimum Gasteiger partial charge on any atom is -0.307 e. The molecular weight excluding hydrogens is 1030 g/mol. The van der Waals surface area contributed by atoms with Gasteiger partial charge in [-0.1, -0.05) is 242 Å². The van der Waals surface area contributed by atoms with Crippen LogP contribution in [0.2, 0.25) is 0 Å². The largest absolute Gasteiger partial charge is 0.307 e. The highest BCUT2D eigenvalue weighted by Crippen LogP contribution is 2.65. The number of benzene rings is 13. The molecule has 4 aliphatic carbocycles. The van der Waals surface area contributed by atoms with Crippen molar-refractivity contribution in [3.8, 4) is 66.8 Å². The van der Waals surface area contributed by atoms with E-state index >= 15 is 0 Å². The molecule has 0 aliphatic heterocycles. The second-order valence-electron chi connectivity index (χ2n) is 27.4. The average Bonchev–Trinajstić information content (AvgIpc) is 1.52. The fourth-order valence-corrected chi connectivity index (χ4v) is 16.9. The van der Waals surface area contributed by atoms with Crippen LogP contribution in [0.3, 0.4) is 0 Å². The second-order valence-corrected chi connectivity index (χ2v) is 27.4. The number of hydrogen-bond donors (Lipinski definition) is 0. The van der Waals surface area contributed by atoms with Crippen molar-refractivity contribution in [1.82, 2.24) is 4.40 Å². The van der Waals surface area contributed by atoms with E-state index in [4.69, 9.17) is 0 Å². The first-order valence-corrected chi connectivity index (χ1v) is 31.0. The molecule has 15 aromatic rings. The summed E-state index contributed by atoms with van der Waals surface area (Å²) in [6.07, 6.45) is 0. The maximum absolute atomic E-state index is 2.71. The zero-order valence-electron chi connectivity index (χ0n) is 49.3. The van der Waals surface area contributed by atoms with Crippen molar-refractivity contribution in [2.24, 2.45) is 0 Å². The monoisotopic (exact) mass is 1100 g/mol. The van der Waals surface area contributed by atoms with Crippen LogP contribution in [0.1, 0.15) is 120 Å². The molecule has 3 unspecified atom stereocenters. The summed E-state index contributed by atoms with van der Waals surface area (Å²) >= 11 is 0. The standard InChI is InChI=1S/C85H61N/c1-84(2,3)53-43-67-66-39-49-25-13-15-27-55(49)75(51-33-35-61-64(41-51)57-29-17-19-31-59(57)73(61)47-21-9-7-10-22-47)81(66)80-63-37-38-72-79(77(63)70(45-53)78(67)80)71-46-54(85(4,5)6)44-69-68-40-50-26-14-16-28-56(50)76(83(68)86(72)82(69)71)52-34-36-62-65(42-52)58-30-18-20-32-60(58)74(62)48-23-11-8-12-24-48/h7-46,73-74,80H,1-6H3. The van der Waals surface area contributed by atoms with Gasteiger partial charge in [-0.25, -0.2) is 0 Å². The molecular formula is C85H61N. The van der Waals surface area contributed by atoms with Crippen LogP contribution in [-0.2, 0) is 10.8 Å². The first-order valence-electron chi connectivity index (χ1n) is 31.0. The van der Waals surface area contributed by atoms with E-state index in [0.29, 0.717) is 0 Å². The van der Waals surface area contributed by atoms with Gasteiger partial charge in [-0.15, -0.1) is 0 Å². The molecule has 4 aliphatic rings. The lowest BCUT2D eigenvalue weighted by atomic mass is 9.81. The van der Waals surface area contributed by atoms with Gasteiger partial charge in [0, 0.05) is 44.9 Å². The van der Waals surface area contributed by atoms with Crippen LogP contribution >= 0.6 is 0 Å². The molecule has 3 atom stereocenters. The lowest BCUT2D eigenvalue weighted by Crippen LogP contribution is -2.11. The molecule has 0 spiro atoms. The van der Waals surface area contributed by atoms with E-state index < -0.39 is 0 Å². The van der Waals surface area contributed by atoms with Gasteiger partial charge < -0.3 is 4.40 Å². The number of nitrogens with zero attached hydrogens (tertiary/aromatic N) is 1. The highest BCUT2D eigenvalue weighted by atomic mass is 14.9. The SMILES string of the molecule is CC(C)(C)c1cc2c3c(c1)-c1c(ccc4c1c1cc(C(C)(C)C)cc5c6cc7ccccc7c(-c7ccc8c(c7)-c7ccccc7C8c7ccccc7)c6n4c51)C3c1c-2cc2ccccc2c1-c1ccc2c(c1)-c1ccccc1C2c1ccccc1. The van der Waals surface area contributed by atoms with Gasteiger partial charge in [0.05, 0.1) is 16.6 Å². The van der Waals surface area contributed by atoms with Gasteiger partial charge in [-0.3, -0.25) is 0 Å². The first-order chi connectivity index (χ1) is 42.0. The normalized spacial score (nSPS) is 16.1. The third kappa shape index (κ3) is 6.40. The van der Waals surface area contributed by atoms with E-state index in [0.717, 1.165) is 0 Å². The fourth-order valence-electron chi connectivity index (χ4n) is 16.9. The summed E-state index contributed by atoms with van der Waals surface area (Å²) < 4.78 is 2.71. The number of aromatic nitrogens is 1. The number of fused-ring (bicyclic) bond motifs is 21. The van der Waals surface area contributed by atoms with E-state index in [-0.39, 0.29) is 28.6 Å². The Morgan fingerprint density at radius 3 is 1.40 bits per heavy atom. The quantitative estimate of drug-likeness (QED) is 0.165. The van der Waals surface area contributed by atoms with Gasteiger partial charge in [-0.05, 0) is 197 Å². The molecule has 0 saturated heterocycles. The van der Waals surface area contributed by atoms with E-state index in [9.17, 15) is 0 Å². The summed E-state index contributed by atoms with van der Waals surface area (Å²) in [6, 6.07) is 94.2. The Balaban J connectivity index is 0.904. The molecule has 1 nitrogen and oxygen atoms in total. The van der Waals surface area contributed by atoms with Crippen LogP contribution in [0.25, 0.3) is 126 Å².